The van der Waals surface area contributed by atoms with Crippen LogP contribution < -0.4 is 5.73 Å². The lowest BCUT2D eigenvalue weighted by Crippen LogP contribution is -2.53. The highest BCUT2D eigenvalue weighted by Crippen LogP contribution is 2.36. The Morgan fingerprint density at radius 1 is 1.38 bits per heavy atom. The Bertz CT molecular complexity index is 378. The minimum Gasteiger partial charge on any atom is -0.444 e. The third-order valence-corrected chi connectivity index (χ3v) is 3.65. The van der Waals surface area contributed by atoms with Gasteiger partial charge in [-0.05, 0) is 39.0 Å². The second kappa shape index (κ2) is 6.07. The summed E-state index contributed by atoms with van der Waals surface area (Å²) in [6, 6.07) is -0.522. The van der Waals surface area contributed by atoms with Gasteiger partial charge in [0.2, 0.25) is 0 Å². The molecule has 2 N–H and O–H groups in total. The first-order chi connectivity index (χ1) is 9.35. The highest BCUT2D eigenvalue weighted by atomic mass is 19.3. The van der Waals surface area contributed by atoms with Gasteiger partial charge in [0.15, 0.2) is 0 Å². The number of carbonyl (C=O) groups is 1. The highest BCUT2D eigenvalue weighted by Gasteiger charge is 2.42. The van der Waals surface area contributed by atoms with Gasteiger partial charge in [0.25, 0.3) is 5.92 Å². The fourth-order valence-corrected chi connectivity index (χ4v) is 2.56. The number of likely N-dealkylation sites (tertiary alicyclic amines) is 1. The number of nitrogens with two attached hydrogens (primary N) is 1. The molecule has 1 fully saturated rings. The van der Waals surface area contributed by atoms with Crippen molar-refractivity contribution in [2.75, 3.05) is 13.1 Å². The van der Waals surface area contributed by atoms with Crippen LogP contribution in [0.5, 0.6) is 0 Å². The molecule has 21 heavy (non-hydrogen) atoms. The van der Waals surface area contributed by atoms with Crippen molar-refractivity contribution in [3.8, 4) is 0 Å². The summed E-state index contributed by atoms with van der Waals surface area (Å²) in [6.07, 6.45) is 0.422. The zero-order valence-electron chi connectivity index (χ0n) is 13.7. The zero-order chi connectivity index (χ0) is 16.5. The van der Waals surface area contributed by atoms with Gasteiger partial charge in [-0.15, -0.1) is 0 Å². The van der Waals surface area contributed by atoms with E-state index in [2.05, 4.69) is 0 Å². The number of nitrogens with zero attached hydrogens (tertiary/aromatic N) is 1. The summed E-state index contributed by atoms with van der Waals surface area (Å²) in [5, 5.41) is 0. The molecular formula is C15H28F2N2O2. The Balaban J connectivity index is 2.87. The summed E-state index contributed by atoms with van der Waals surface area (Å²) in [7, 11) is 0. The van der Waals surface area contributed by atoms with Gasteiger partial charge < -0.3 is 15.4 Å². The summed E-state index contributed by atoms with van der Waals surface area (Å²) in [4.78, 5) is 13.8. The van der Waals surface area contributed by atoms with Crippen LogP contribution in [0.2, 0.25) is 0 Å². The SMILES string of the molecule is CC1(C)CCC(CC(F)(F)CN)N(C(=O)OC(C)(C)C)C1. The van der Waals surface area contributed by atoms with Crippen molar-refractivity contribution in [2.45, 2.75) is 71.4 Å². The van der Waals surface area contributed by atoms with Crippen molar-refractivity contribution in [1.29, 1.82) is 0 Å². The number of piperidine rings is 1. The van der Waals surface area contributed by atoms with Crippen LogP contribution in [0.4, 0.5) is 13.6 Å². The van der Waals surface area contributed by atoms with E-state index in [-0.39, 0.29) is 5.41 Å². The molecule has 124 valence electrons. The van der Waals surface area contributed by atoms with Crippen LogP contribution in [0.25, 0.3) is 0 Å². The highest BCUT2D eigenvalue weighted by molar-refractivity contribution is 5.68. The Hall–Kier alpha value is -0.910. The topological polar surface area (TPSA) is 55.6 Å². The fourth-order valence-electron chi connectivity index (χ4n) is 2.56. The van der Waals surface area contributed by atoms with E-state index in [1.807, 2.05) is 13.8 Å². The average Bonchev–Trinajstić information content (AvgIpc) is 2.29. The maximum Gasteiger partial charge on any atom is 0.410 e. The molecule has 0 aromatic heterocycles. The number of carbonyl (C=O) groups excluding carboxylic acids is 1. The van der Waals surface area contributed by atoms with Crippen LogP contribution in [0.3, 0.4) is 0 Å². The monoisotopic (exact) mass is 306 g/mol. The van der Waals surface area contributed by atoms with Gasteiger partial charge in [-0.25, -0.2) is 13.6 Å². The van der Waals surface area contributed by atoms with Crippen LogP contribution >= 0.6 is 0 Å². The molecule has 1 saturated heterocycles. The first kappa shape index (κ1) is 18.1. The maximum atomic E-state index is 13.6. The van der Waals surface area contributed by atoms with Crippen molar-refractivity contribution in [2.24, 2.45) is 11.1 Å². The molecule has 0 bridgehead atoms. The smallest absolute Gasteiger partial charge is 0.410 e. The predicted octanol–water partition coefficient (Wildman–Crippen LogP) is 3.40. The summed E-state index contributed by atoms with van der Waals surface area (Å²) >= 11 is 0. The summed E-state index contributed by atoms with van der Waals surface area (Å²) in [6.45, 7) is 9.09. The van der Waals surface area contributed by atoms with E-state index in [4.69, 9.17) is 10.5 Å². The molecule has 1 aliphatic heterocycles. The van der Waals surface area contributed by atoms with E-state index in [0.717, 1.165) is 6.42 Å². The molecule has 0 aliphatic carbocycles. The standard InChI is InChI=1S/C15H28F2N2O2/c1-13(2,3)21-12(20)19-10-14(4,5)7-6-11(19)8-15(16,17)9-18/h11H,6-10,18H2,1-5H3. The Labute approximate surface area is 126 Å². The van der Waals surface area contributed by atoms with E-state index >= 15 is 0 Å². The van der Waals surface area contributed by atoms with Gasteiger partial charge in [0, 0.05) is 19.0 Å². The molecule has 1 atom stereocenters. The lowest BCUT2D eigenvalue weighted by Gasteiger charge is -2.44. The fraction of sp³-hybridized carbons (Fsp3) is 0.933. The number of ether oxygens (including phenoxy) is 1. The second-order valence-electron chi connectivity index (χ2n) is 7.73. The number of alkyl halides is 2. The predicted molar refractivity (Wildman–Crippen MR) is 78.4 cm³/mol. The third-order valence-electron chi connectivity index (χ3n) is 3.65. The van der Waals surface area contributed by atoms with Crippen LogP contribution in [0, 0.1) is 5.41 Å². The van der Waals surface area contributed by atoms with Crippen LogP contribution in [0.15, 0.2) is 0 Å². The Morgan fingerprint density at radius 3 is 2.43 bits per heavy atom. The molecule has 1 unspecified atom stereocenters. The minimum absolute atomic E-state index is 0.0919. The molecule has 0 aromatic rings. The molecule has 1 aliphatic rings. The molecule has 4 nitrogen and oxygen atoms in total. The molecule has 1 rings (SSSR count). The van der Waals surface area contributed by atoms with E-state index in [1.54, 1.807) is 20.8 Å². The Kier molecular flexibility index (Phi) is 5.24. The summed E-state index contributed by atoms with van der Waals surface area (Å²) in [5.74, 6) is -2.95. The lowest BCUT2D eigenvalue weighted by molar-refractivity contribution is -0.0518. The van der Waals surface area contributed by atoms with E-state index < -0.39 is 36.6 Å². The first-order valence-corrected chi connectivity index (χ1v) is 7.43. The van der Waals surface area contributed by atoms with Gasteiger partial charge >= 0.3 is 6.09 Å². The molecular weight excluding hydrogens is 278 g/mol. The van der Waals surface area contributed by atoms with Crippen molar-refractivity contribution in [3.05, 3.63) is 0 Å². The summed E-state index contributed by atoms with van der Waals surface area (Å²) < 4.78 is 32.6. The molecule has 0 aromatic carbocycles. The third kappa shape index (κ3) is 5.77. The molecule has 6 heteroatoms. The number of rotatable bonds is 3. The molecule has 0 radical (unpaired) electrons. The van der Waals surface area contributed by atoms with E-state index in [9.17, 15) is 13.6 Å². The zero-order valence-corrected chi connectivity index (χ0v) is 13.7. The molecule has 0 saturated carbocycles. The second-order valence-corrected chi connectivity index (χ2v) is 7.73. The first-order valence-electron chi connectivity index (χ1n) is 7.43. The van der Waals surface area contributed by atoms with Crippen molar-refractivity contribution >= 4 is 6.09 Å². The van der Waals surface area contributed by atoms with Crippen LogP contribution in [0.1, 0.15) is 53.9 Å². The normalized spacial score (nSPS) is 23.0. The van der Waals surface area contributed by atoms with Crippen molar-refractivity contribution in [3.63, 3.8) is 0 Å². The average molecular weight is 306 g/mol. The van der Waals surface area contributed by atoms with Gasteiger partial charge in [0.05, 0.1) is 6.54 Å². The van der Waals surface area contributed by atoms with Crippen LogP contribution in [-0.4, -0.2) is 41.6 Å². The van der Waals surface area contributed by atoms with Crippen molar-refractivity contribution in [1.82, 2.24) is 4.90 Å². The van der Waals surface area contributed by atoms with Crippen molar-refractivity contribution < 1.29 is 18.3 Å². The number of hydrogen-bond donors (Lipinski definition) is 1. The number of halogens is 2. The van der Waals surface area contributed by atoms with E-state index in [0.29, 0.717) is 13.0 Å². The number of hydrogen-bond acceptors (Lipinski definition) is 3. The van der Waals surface area contributed by atoms with Gasteiger partial charge in [-0.3, -0.25) is 0 Å². The lowest BCUT2D eigenvalue weighted by atomic mass is 9.80. The maximum absolute atomic E-state index is 13.6. The molecule has 0 spiro atoms. The van der Waals surface area contributed by atoms with Gasteiger partial charge in [-0.2, -0.15) is 0 Å². The molecule has 1 heterocycles. The van der Waals surface area contributed by atoms with E-state index in [1.165, 1.54) is 4.90 Å². The minimum atomic E-state index is -2.95. The number of amides is 1. The van der Waals surface area contributed by atoms with Crippen LogP contribution in [-0.2, 0) is 4.74 Å². The van der Waals surface area contributed by atoms with Gasteiger partial charge in [0.1, 0.15) is 5.60 Å². The summed E-state index contributed by atoms with van der Waals surface area (Å²) in [5.41, 5.74) is 4.38. The quantitative estimate of drug-likeness (QED) is 0.869. The molecule has 1 amide bonds. The Morgan fingerprint density at radius 2 is 1.95 bits per heavy atom. The van der Waals surface area contributed by atoms with Gasteiger partial charge in [-0.1, -0.05) is 13.8 Å². The largest absolute Gasteiger partial charge is 0.444 e.